The lowest BCUT2D eigenvalue weighted by Gasteiger charge is -2.13. The Morgan fingerprint density at radius 1 is 0.457 bits per heavy atom. The largest absolute Gasteiger partial charge is 0.508 e. The Morgan fingerprint density at radius 2 is 1.03 bits per heavy atom. The number of hydrogen-bond acceptors (Lipinski definition) is 7. The van der Waals surface area contributed by atoms with Gasteiger partial charge in [-0.25, -0.2) is 0 Å². The number of hydrogen-bond donors (Lipinski definition) is 6. The van der Waals surface area contributed by atoms with Gasteiger partial charge in [-0.05, 0) is 96.5 Å². The van der Waals surface area contributed by atoms with Gasteiger partial charge in [0, 0.05) is 6.07 Å². The predicted molar refractivity (Wildman–Crippen MR) is 131 cm³/mol. The minimum Gasteiger partial charge on any atom is -0.508 e. The molecule has 6 N–H and O–H groups in total. The van der Waals surface area contributed by atoms with Crippen LogP contribution >= 0.6 is 0 Å². The molecule has 7 nitrogen and oxygen atoms in total. The molecular weight excluding hydrogens is 448 g/mol. The molecule has 7 heteroatoms. The summed E-state index contributed by atoms with van der Waals surface area (Å²) in [7, 11) is 0. The van der Waals surface area contributed by atoms with Gasteiger partial charge >= 0.3 is 0 Å². The van der Waals surface area contributed by atoms with Crippen LogP contribution in [0.3, 0.4) is 0 Å². The average Bonchev–Trinajstić information content (AvgIpc) is 2.80. The number of phenolic OH excluding ortho intramolecular Hbond substituents is 6. The quantitative estimate of drug-likeness (QED) is 0.192. The van der Waals surface area contributed by atoms with Crippen molar-refractivity contribution in [3.63, 3.8) is 0 Å². The van der Waals surface area contributed by atoms with Crippen LogP contribution in [0.1, 0.15) is 22.3 Å². The minimum absolute atomic E-state index is 0.0146. The molecule has 0 aliphatic carbocycles. The van der Waals surface area contributed by atoms with Crippen LogP contribution in [0.25, 0.3) is 0 Å². The Kier molecular flexibility index (Phi) is 6.87. The SMILES string of the molecule is Oc1cccc(CCc2ccc(O)c(Oc3cc(CCc4cc(O)cc(O)c4)cc(O)c3O)c2)c1. The smallest absolute Gasteiger partial charge is 0.201 e. The molecule has 0 spiro atoms. The minimum atomic E-state index is -0.451. The zero-order chi connectivity index (χ0) is 24.9. The summed E-state index contributed by atoms with van der Waals surface area (Å²) in [5.41, 5.74) is 3.20. The Bertz CT molecular complexity index is 1330. The molecular formula is C28H26O7. The fourth-order valence-corrected chi connectivity index (χ4v) is 3.88. The van der Waals surface area contributed by atoms with Crippen LogP contribution in [-0.2, 0) is 25.7 Å². The third-order valence-electron chi connectivity index (χ3n) is 5.64. The van der Waals surface area contributed by atoms with E-state index < -0.39 is 5.75 Å². The number of rotatable bonds is 8. The molecule has 0 aliphatic rings. The molecule has 0 unspecified atom stereocenters. The summed E-state index contributed by atoms with van der Waals surface area (Å²) in [4.78, 5) is 0. The molecule has 0 amide bonds. The molecule has 0 heterocycles. The molecule has 0 fully saturated rings. The fraction of sp³-hybridized carbons (Fsp3) is 0.143. The van der Waals surface area contributed by atoms with Gasteiger partial charge in [-0.1, -0.05) is 18.2 Å². The van der Waals surface area contributed by atoms with Gasteiger partial charge in [-0.2, -0.15) is 0 Å². The summed E-state index contributed by atoms with van der Waals surface area (Å²) in [5, 5.41) is 59.8. The van der Waals surface area contributed by atoms with Crippen molar-refractivity contribution in [3.8, 4) is 46.0 Å². The van der Waals surface area contributed by atoms with Crippen LogP contribution < -0.4 is 4.74 Å². The molecule has 0 saturated heterocycles. The van der Waals surface area contributed by atoms with Crippen LogP contribution in [0, 0.1) is 0 Å². The van der Waals surface area contributed by atoms with Gasteiger partial charge in [0.15, 0.2) is 23.0 Å². The summed E-state index contributed by atoms with van der Waals surface area (Å²) in [6.07, 6.45) is 2.20. The molecule has 0 aromatic heterocycles. The van der Waals surface area contributed by atoms with Crippen LogP contribution in [0.2, 0.25) is 0 Å². The highest BCUT2D eigenvalue weighted by molar-refractivity contribution is 5.55. The molecule has 0 atom stereocenters. The third-order valence-corrected chi connectivity index (χ3v) is 5.64. The molecule has 0 bridgehead atoms. The molecule has 35 heavy (non-hydrogen) atoms. The van der Waals surface area contributed by atoms with Crippen molar-refractivity contribution in [1.82, 2.24) is 0 Å². The van der Waals surface area contributed by atoms with Crippen molar-refractivity contribution in [2.75, 3.05) is 0 Å². The Labute approximate surface area is 202 Å². The standard InChI is InChI=1S/C28H26O7/c29-21-3-1-2-17(10-21)4-5-18-8-9-24(32)26(14-18)35-27-15-20(13-25(33)28(27)34)7-6-19-11-22(30)16-23(31)12-19/h1-3,8-16,29-34H,4-7H2. The van der Waals surface area contributed by atoms with Crippen LogP contribution in [0.5, 0.6) is 46.0 Å². The van der Waals surface area contributed by atoms with E-state index in [0.29, 0.717) is 36.8 Å². The average molecular weight is 475 g/mol. The number of aryl methyl sites for hydroxylation is 4. The molecule has 0 radical (unpaired) electrons. The Hall–Kier alpha value is -4.52. The molecule has 0 aliphatic heterocycles. The fourth-order valence-electron chi connectivity index (χ4n) is 3.88. The normalized spacial score (nSPS) is 10.9. The molecule has 4 rings (SSSR count). The van der Waals surface area contributed by atoms with Gasteiger partial charge in [-0.15, -0.1) is 0 Å². The predicted octanol–water partition coefficient (Wildman–Crippen LogP) is 5.28. The Morgan fingerprint density at radius 3 is 1.71 bits per heavy atom. The second-order valence-corrected chi connectivity index (χ2v) is 8.39. The van der Waals surface area contributed by atoms with E-state index in [-0.39, 0.29) is 40.2 Å². The second kappa shape index (κ2) is 10.2. The maximum Gasteiger partial charge on any atom is 0.201 e. The Balaban J connectivity index is 1.50. The molecule has 4 aromatic rings. The van der Waals surface area contributed by atoms with Crippen LogP contribution in [-0.4, -0.2) is 30.6 Å². The number of ether oxygens (including phenoxy) is 1. The van der Waals surface area contributed by atoms with Crippen molar-refractivity contribution in [3.05, 3.63) is 95.1 Å². The lowest BCUT2D eigenvalue weighted by Crippen LogP contribution is -1.95. The van der Waals surface area contributed by atoms with Gasteiger partial charge in [0.25, 0.3) is 0 Å². The van der Waals surface area contributed by atoms with Gasteiger partial charge < -0.3 is 35.4 Å². The van der Waals surface area contributed by atoms with Gasteiger partial charge in [0.1, 0.15) is 17.2 Å². The number of phenols is 6. The summed E-state index contributed by atoms with van der Waals surface area (Å²) >= 11 is 0. The van der Waals surface area contributed by atoms with Crippen LogP contribution in [0.4, 0.5) is 0 Å². The zero-order valence-electron chi connectivity index (χ0n) is 18.8. The highest BCUT2D eigenvalue weighted by Crippen LogP contribution is 2.41. The van der Waals surface area contributed by atoms with Crippen LogP contribution in [0.15, 0.2) is 72.8 Å². The highest BCUT2D eigenvalue weighted by atomic mass is 16.5. The first-order valence-corrected chi connectivity index (χ1v) is 11.1. The van der Waals surface area contributed by atoms with Crippen molar-refractivity contribution in [2.45, 2.75) is 25.7 Å². The number of benzene rings is 4. The van der Waals surface area contributed by atoms with E-state index in [2.05, 4.69) is 0 Å². The van der Waals surface area contributed by atoms with E-state index in [1.54, 1.807) is 36.4 Å². The van der Waals surface area contributed by atoms with E-state index in [0.717, 1.165) is 11.1 Å². The topological polar surface area (TPSA) is 131 Å². The molecule has 0 saturated carbocycles. The monoisotopic (exact) mass is 474 g/mol. The lowest BCUT2D eigenvalue weighted by atomic mass is 10.0. The summed E-state index contributed by atoms with van der Waals surface area (Å²) < 4.78 is 5.78. The van der Waals surface area contributed by atoms with Gasteiger partial charge in [0.2, 0.25) is 5.75 Å². The first-order chi connectivity index (χ1) is 16.8. The van der Waals surface area contributed by atoms with Gasteiger partial charge in [-0.3, -0.25) is 0 Å². The third kappa shape index (κ3) is 6.09. The van der Waals surface area contributed by atoms with Crippen molar-refractivity contribution < 1.29 is 35.4 Å². The van der Waals surface area contributed by atoms with Crippen molar-refractivity contribution >= 4 is 0 Å². The van der Waals surface area contributed by atoms with E-state index in [4.69, 9.17) is 4.74 Å². The maximum absolute atomic E-state index is 10.3. The van der Waals surface area contributed by atoms with E-state index >= 15 is 0 Å². The zero-order valence-corrected chi connectivity index (χ0v) is 18.8. The lowest BCUT2D eigenvalue weighted by molar-refractivity contribution is 0.361. The van der Waals surface area contributed by atoms with Crippen molar-refractivity contribution in [1.29, 1.82) is 0 Å². The van der Waals surface area contributed by atoms with Gasteiger partial charge in [0.05, 0.1) is 0 Å². The first-order valence-electron chi connectivity index (χ1n) is 11.1. The molecule has 4 aromatic carbocycles. The summed E-state index contributed by atoms with van der Waals surface area (Å²) in [5.74, 6) is -0.709. The van der Waals surface area contributed by atoms with E-state index in [1.165, 1.54) is 30.3 Å². The highest BCUT2D eigenvalue weighted by Gasteiger charge is 2.15. The van der Waals surface area contributed by atoms with E-state index in [9.17, 15) is 30.6 Å². The van der Waals surface area contributed by atoms with E-state index in [1.807, 2.05) is 6.07 Å². The molecule has 180 valence electrons. The summed E-state index contributed by atoms with van der Waals surface area (Å²) in [6.45, 7) is 0. The number of aromatic hydroxyl groups is 6. The van der Waals surface area contributed by atoms with Crippen molar-refractivity contribution in [2.24, 2.45) is 0 Å². The first kappa shape index (κ1) is 23.6. The second-order valence-electron chi connectivity index (χ2n) is 8.39. The summed E-state index contributed by atoms with van der Waals surface area (Å²) in [6, 6.07) is 19.2. The maximum atomic E-state index is 10.3.